The molecule has 1 aromatic carbocycles. The number of ether oxygens (including phenoxy) is 1. The van der Waals surface area contributed by atoms with E-state index in [4.69, 9.17) is 9.15 Å². The van der Waals surface area contributed by atoms with Crippen LogP contribution in [0.4, 0.5) is 4.39 Å². The van der Waals surface area contributed by atoms with Crippen LogP contribution in [-0.2, 0) is 4.79 Å². The van der Waals surface area contributed by atoms with Gasteiger partial charge in [0.15, 0.2) is 0 Å². The number of carbonyl (C=O) groups excluding carboxylic acids is 1. The highest BCUT2D eigenvalue weighted by Gasteiger charge is 2.20. The Bertz CT molecular complexity index is 593. The van der Waals surface area contributed by atoms with Gasteiger partial charge in [0.05, 0.1) is 0 Å². The molecule has 0 radical (unpaired) electrons. The molecule has 20 heavy (non-hydrogen) atoms. The largest absolute Gasteiger partial charge is 0.428 e. The molecule has 1 aromatic heterocycles. The van der Waals surface area contributed by atoms with Gasteiger partial charge in [-0.15, -0.1) is 0 Å². The lowest BCUT2D eigenvalue weighted by atomic mass is 10.2. The van der Waals surface area contributed by atoms with E-state index >= 15 is 0 Å². The number of rotatable bonds is 4. The topological polar surface area (TPSA) is 62.9 Å². The van der Waals surface area contributed by atoms with Crippen LogP contribution < -0.4 is 4.74 Å². The molecule has 1 heterocycles. The van der Waals surface area contributed by atoms with Crippen LogP contribution in [0.1, 0.15) is 25.6 Å². The summed E-state index contributed by atoms with van der Waals surface area (Å²) in [6.07, 6.45) is 0. The number of carbonyl (C=O) groups is 1. The number of hydrogen-bond donors (Lipinski definition) is 1. The van der Waals surface area contributed by atoms with Crippen molar-refractivity contribution in [1.29, 1.82) is 0 Å². The van der Waals surface area contributed by atoms with E-state index in [1.54, 1.807) is 19.1 Å². The van der Waals surface area contributed by atoms with Crippen molar-refractivity contribution in [2.45, 2.75) is 19.9 Å². The van der Waals surface area contributed by atoms with Crippen LogP contribution in [-0.4, -0.2) is 16.2 Å². The van der Waals surface area contributed by atoms with Gasteiger partial charge in [0, 0.05) is 13.0 Å². The van der Waals surface area contributed by atoms with E-state index in [1.165, 1.54) is 31.2 Å². The lowest BCUT2D eigenvalue weighted by molar-refractivity contribution is -0.174. The number of nitrogens with zero attached hydrogens (tertiary/aromatic N) is 1. The van der Waals surface area contributed by atoms with E-state index in [2.05, 4.69) is 0 Å². The van der Waals surface area contributed by atoms with E-state index in [0.29, 0.717) is 16.6 Å². The van der Waals surface area contributed by atoms with Crippen LogP contribution in [0.25, 0.3) is 0 Å². The number of benzene rings is 1. The van der Waals surface area contributed by atoms with Gasteiger partial charge >= 0.3 is 0 Å². The minimum atomic E-state index is -0.627. The zero-order valence-electron chi connectivity index (χ0n) is 11.0. The Labute approximate surface area is 115 Å². The molecule has 2 aromatic rings. The fraction of sp³-hybridized carbons (Fsp3) is 0.214. The maximum Gasteiger partial charge on any atom is 0.290 e. The molecule has 0 aliphatic rings. The molecular formula is C14H14FNO4. The van der Waals surface area contributed by atoms with Gasteiger partial charge in [0.2, 0.25) is 5.91 Å². The minimum Gasteiger partial charge on any atom is -0.428 e. The molecule has 2 rings (SSSR count). The first kappa shape index (κ1) is 14.1. The lowest BCUT2D eigenvalue weighted by Crippen LogP contribution is -2.27. The Balaban J connectivity index is 2.09. The minimum absolute atomic E-state index is 0.190. The predicted octanol–water partition coefficient (Wildman–Crippen LogP) is 3.51. The van der Waals surface area contributed by atoms with Gasteiger partial charge in [-0.2, -0.15) is 0 Å². The monoisotopic (exact) mass is 279 g/mol. The SMILES string of the molecule is CC(=O)N(O)C(C)c1ccc(Oc2ccc(F)cc2)o1. The molecule has 0 fully saturated rings. The molecule has 1 unspecified atom stereocenters. The van der Waals surface area contributed by atoms with Gasteiger partial charge in [-0.05, 0) is 37.3 Å². The van der Waals surface area contributed by atoms with Crippen molar-refractivity contribution in [3.8, 4) is 11.7 Å². The van der Waals surface area contributed by atoms with E-state index < -0.39 is 11.9 Å². The summed E-state index contributed by atoms with van der Waals surface area (Å²) in [5, 5.41) is 10.1. The summed E-state index contributed by atoms with van der Waals surface area (Å²) in [5.74, 6) is 0.140. The second-order valence-corrected chi connectivity index (χ2v) is 4.25. The first-order chi connectivity index (χ1) is 9.47. The van der Waals surface area contributed by atoms with Crippen molar-refractivity contribution in [2.24, 2.45) is 0 Å². The van der Waals surface area contributed by atoms with Crippen molar-refractivity contribution in [3.63, 3.8) is 0 Å². The summed E-state index contributed by atoms with van der Waals surface area (Å²) >= 11 is 0. The van der Waals surface area contributed by atoms with Gasteiger partial charge in [0.25, 0.3) is 5.95 Å². The fourth-order valence-corrected chi connectivity index (χ4v) is 1.63. The molecule has 106 valence electrons. The molecule has 6 heteroatoms. The van der Waals surface area contributed by atoms with Gasteiger partial charge in [-0.3, -0.25) is 10.0 Å². The number of hydroxylamine groups is 2. The third kappa shape index (κ3) is 3.16. The summed E-state index contributed by atoms with van der Waals surface area (Å²) < 4.78 is 23.5. The third-order valence-corrected chi connectivity index (χ3v) is 2.74. The fourth-order valence-electron chi connectivity index (χ4n) is 1.63. The molecule has 0 saturated heterocycles. The second-order valence-electron chi connectivity index (χ2n) is 4.25. The van der Waals surface area contributed by atoms with Crippen molar-refractivity contribution in [1.82, 2.24) is 5.06 Å². The molecular weight excluding hydrogens is 265 g/mol. The Kier molecular flexibility index (Phi) is 4.05. The highest BCUT2D eigenvalue weighted by atomic mass is 19.1. The van der Waals surface area contributed by atoms with Gasteiger partial charge < -0.3 is 9.15 Å². The molecule has 0 saturated carbocycles. The van der Waals surface area contributed by atoms with Crippen LogP contribution in [0, 0.1) is 5.82 Å². The molecule has 5 nitrogen and oxygen atoms in total. The summed E-state index contributed by atoms with van der Waals surface area (Å²) in [4.78, 5) is 11.1. The summed E-state index contributed by atoms with van der Waals surface area (Å²) in [6.45, 7) is 2.86. The van der Waals surface area contributed by atoms with Crippen molar-refractivity contribution in [2.75, 3.05) is 0 Å². The van der Waals surface area contributed by atoms with Gasteiger partial charge in [-0.1, -0.05) is 0 Å². The number of hydrogen-bond acceptors (Lipinski definition) is 4. The maximum atomic E-state index is 12.8. The summed E-state index contributed by atoms with van der Waals surface area (Å²) in [7, 11) is 0. The third-order valence-electron chi connectivity index (χ3n) is 2.74. The summed E-state index contributed by atoms with van der Waals surface area (Å²) in [6, 6.07) is 8.00. The highest BCUT2D eigenvalue weighted by Crippen LogP contribution is 2.28. The zero-order chi connectivity index (χ0) is 14.7. The van der Waals surface area contributed by atoms with E-state index in [0.717, 1.165) is 0 Å². The highest BCUT2D eigenvalue weighted by molar-refractivity contribution is 5.72. The van der Waals surface area contributed by atoms with E-state index in [9.17, 15) is 14.4 Å². The Morgan fingerprint density at radius 3 is 2.55 bits per heavy atom. The second kappa shape index (κ2) is 5.75. The summed E-state index contributed by atoms with van der Waals surface area (Å²) in [5.41, 5.74) is 0. The normalized spacial score (nSPS) is 12.0. The van der Waals surface area contributed by atoms with Gasteiger partial charge in [-0.25, -0.2) is 9.45 Å². The molecule has 1 N–H and O–H groups in total. The van der Waals surface area contributed by atoms with Crippen LogP contribution in [0.15, 0.2) is 40.8 Å². The zero-order valence-corrected chi connectivity index (χ0v) is 11.0. The predicted molar refractivity (Wildman–Crippen MR) is 67.9 cm³/mol. The Hall–Kier alpha value is -2.34. The Morgan fingerprint density at radius 1 is 1.30 bits per heavy atom. The van der Waals surface area contributed by atoms with Crippen molar-refractivity contribution >= 4 is 5.91 Å². The van der Waals surface area contributed by atoms with E-state index in [-0.39, 0.29) is 11.8 Å². The molecule has 1 atom stereocenters. The van der Waals surface area contributed by atoms with Gasteiger partial charge in [0.1, 0.15) is 23.4 Å². The molecule has 1 amide bonds. The number of furan rings is 1. The van der Waals surface area contributed by atoms with Crippen molar-refractivity contribution < 1.29 is 23.5 Å². The quantitative estimate of drug-likeness (QED) is 0.687. The number of halogens is 1. The maximum absolute atomic E-state index is 12.8. The average Bonchev–Trinajstić information content (AvgIpc) is 2.88. The van der Waals surface area contributed by atoms with E-state index in [1.807, 2.05) is 0 Å². The van der Waals surface area contributed by atoms with Crippen LogP contribution in [0.2, 0.25) is 0 Å². The Morgan fingerprint density at radius 2 is 1.95 bits per heavy atom. The molecule has 0 spiro atoms. The molecule has 0 aliphatic carbocycles. The standard InChI is InChI=1S/C14H14FNO4/c1-9(16(18)10(2)17)13-7-8-14(20-13)19-12-5-3-11(15)4-6-12/h3-9,18H,1-2H3. The van der Waals surface area contributed by atoms with Crippen molar-refractivity contribution in [3.05, 3.63) is 48.0 Å². The van der Waals surface area contributed by atoms with Crippen LogP contribution >= 0.6 is 0 Å². The lowest BCUT2D eigenvalue weighted by Gasteiger charge is -2.18. The smallest absolute Gasteiger partial charge is 0.290 e. The molecule has 0 aliphatic heterocycles. The average molecular weight is 279 g/mol. The van der Waals surface area contributed by atoms with Crippen LogP contribution in [0.3, 0.4) is 0 Å². The molecule has 0 bridgehead atoms. The van der Waals surface area contributed by atoms with Crippen LogP contribution in [0.5, 0.6) is 11.7 Å². The number of amides is 1. The first-order valence-electron chi connectivity index (χ1n) is 5.99. The first-order valence-corrected chi connectivity index (χ1v) is 5.99.